The number of amides is 1. The molecule has 1 aliphatic heterocycles. The summed E-state index contributed by atoms with van der Waals surface area (Å²) < 4.78 is 5.96. The van der Waals surface area contributed by atoms with E-state index in [4.69, 9.17) is 28.6 Å². The molecule has 6 heteroatoms. The van der Waals surface area contributed by atoms with E-state index in [-0.39, 0.29) is 5.91 Å². The number of likely N-dealkylation sites (N-methyl/N-ethyl adjacent to an activating group) is 2. The molecule has 1 aliphatic rings. The molecule has 0 bridgehead atoms. The van der Waals surface area contributed by atoms with E-state index in [0.717, 1.165) is 11.1 Å². The maximum absolute atomic E-state index is 12.6. The number of thiocarbonyl (C=S) groups is 1. The number of carbonyl (C=O) groups excluding carboxylic acids is 1. The number of para-hydroxylation sites is 1. The summed E-state index contributed by atoms with van der Waals surface area (Å²) in [5.41, 5.74) is 2.25. The molecule has 3 rings (SSSR count). The van der Waals surface area contributed by atoms with Crippen molar-refractivity contribution in [2.75, 3.05) is 13.6 Å². The zero-order valence-corrected chi connectivity index (χ0v) is 16.2. The van der Waals surface area contributed by atoms with E-state index in [1.54, 1.807) is 16.8 Å². The van der Waals surface area contributed by atoms with E-state index in [9.17, 15) is 4.79 Å². The molecule has 0 aliphatic carbocycles. The highest BCUT2D eigenvalue weighted by Crippen LogP contribution is 2.27. The number of ether oxygens (including phenoxy) is 1. The summed E-state index contributed by atoms with van der Waals surface area (Å²) in [7, 11) is 1.80. The Kier molecular flexibility index (Phi) is 5.59. The van der Waals surface area contributed by atoms with Crippen molar-refractivity contribution in [2.24, 2.45) is 0 Å². The third-order valence-corrected chi connectivity index (χ3v) is 5.07. The Balaban J connectivity index is 1.87. The van der Waals surface area contributed by atoms with Gasteiger partial charge < -0.3 is 9.64 Å². The number of nitrogens with zero attached hydrogens (tertiary/aromatic N) is 2. The topological polar surface area (TPSA) is 32.8 Å². The van der Waals surface area contributed by atoms with E-state index in [1.165, 1.54) is 0 Å². The van der Waals surface area contributed by atoms with Crippen molar-refractivity contribution in [2.45, 2.75) is 13.5 Å². The van der Waals surface area contributed by atoms with Gasteiger partial charge in [0, 0.05) is 29.7 Å². The molecular weight excluding hydrogens is 368 g/mol. The zero-order valence-electron chi connectivity index (χ0n) is 14.6. The Morgan fingerprint density at radius 3 is 2.54 bits per heavy atom. The van der Waals surface area contributed by atoms with Crippen LogP contribution in [0.2, 0.25) is 5.02 Å². The van der Waals surface area contributed by atoms with Crippen LogP contribution in [0.3, 0.4) is 0 Å². The summed E-state index contributed by atoms with van der Waals surface area (Å²) >= 11 is 11.5. The van der Waals surface area contributed by atoms with Gasteiger partial charge in [0.25, 0.3) is 5.91 Å². The summed E-state index contributed by atoms with van der Waals surface area (Å²) in [5.74, 6) is 0.586. The first-order valence-electron chi connectivity index (χ1n) is 8.29. The minimum atomic E-state index is -0.0964. The molecule has 2 aromatic carbocycles. The number of hydrogen-bond donors (Lipinski definition) is 0. The SMILES string of the molecule is CCN1C(=O)/C(=C/c2ccccc2OCc2ccccc2Cl)N(C)C1=S. The lowest BCUT2D eigenvalue weighted by Gasteiger charge is -2.14. The van der Waals surface area contributed by atoms with Crippen LogP contribution in [0, 0.1) is 0 Å². The average molecular weight is 387 g/mol. The van der Waals surface area contributed by atoms with Gasteiger partial charge in [-0.1, -0.05) is 48.0 Å². The van der Waals surface area contributed by atoms with Crippen LogP contribution < -0.4 is 4.74 Å². The Morgan fingerprint density at radius 2 is 1.85 bits per heavy atom. The van der Waals surface area contributed by atoms with Crippen LogP contribution in [0.25, 0.3) is 6.08 Å². The van der Waals surface area contributed by atoms with Gasteiger partial charge in [0.1, 0.15) is 18.1 Å². The lowest BCUT2D eigenvalue weighted by atomic mass is 10.1. The summed E-state index contributed by atoms with van der Waals surface area (Å²) in [6.07, 6.45) is 1.81. The normalized spacial score (nSPS) is 15.9. The molecule has 0 radical (unpaired) electrons. The Labute approximate surface area is 163 Å². The second-order valence-corrected chi connectivity index (χ2v) is 6.61. The number of halogens is 1. The molecule has 0 saturated carbocycles. The van der Waals surface area contributed by atoms with Gasteiger partial charge in [0.2, 0.25) is 0 Å². The molecule has 1 saturated heterocycles. The van der Waals surface area contributed by atoms with Crippen LogP contribution in [0.4, 0.5) is 0 Å². The number of hydrogen-bond acceptors (Lipinski definition) is 3. The molecule has 1 amide bonds. The van der Waals surface area contributed by atoms with Crippen molar-refractivity contribution in [1.82, 2.24) is 9.80 Å². The summed E-state index contributed by atoms with van der Waals surface area (Å²) in [6, 6.07) is 15.2. The zero-order chi connectivity index (χ0) is 18.7. The van der Waals surface area contributed by atoms with Gasteiger partial charge in [-0.2, -0.15) is 0 Å². The highest BCUT2D eigenvalue weighted by molar-refractivity contribution is 7.80. The molecule has 1 heterocycles. The van der Waals surface area contributed by atoms with Crippen molar-refractivity contribution in [3.8, 4) is 5.75 Å². The van der Waals surface area contributed by atoms with Crippen LogP contribution in [0.5, 0.6) is 5.75 Å². The lowest BCUT2D eigenvalue weighted by Crippen LogP contribution is -2.30. The molecule has 26 heavy (non-hydrogen) atoms. The highest BCUT2D eigenvalue weighted by Gasteiger charge is 2.34. The van der Waals surface area contributed by atoms with Crippen LogP contribution in [-0.4, -0.2) is 34.4 Å². The van der Waals surface area contributed by atoms with Gasteiger partial charge in [-0.25, -0.2) is 0 Å². The first-order chi connectivity index (χ1) is 12.5. The maximum Gasteiger partial charge on any atom is 0.276 e. The lowest BCUT2D eigenvalue weighted by molar-refractivity contribution is -0.122. The Morgan fingerprint density at radius 1 is 1.15 bits per heavy atom. The van der Waals surface area contributed by atoms with Gasteiger partial charge >= 0.3 is 0 Å². The smallest absolute Gasteiger partial charge is 0.276 e. The van der Waals surface area contributed by atoms with Gasteiger partial charge in [-0.05, 0) is 37.4 Å². The molecule has 0 unspecified atom stereocenters. The van der Waals surface area contributed by atoms with Crippen molar-refractivity contribution in [1.29, 1.82) is 0 Å². The number of benzene rings is 2. The number of carbonyl (C=O) groups is 1. The van der Waals surface area contributed by atoms with Crippen molar-refractivity contribution in [3.05, 3.63) is 70.4 Å². The van der Waals surface area contributed by atoms with Crippen molar-refractivity contribution in [3.63, 3.8) is 0 Å². The molecule has 0 atom stereocenters. The van der Waals surface area contributed by atoms with Gasteiger partial charge in [0.05, 0.1) is 0 Å². The fraction of sp³-hybridized carbons (Fsp3) is 0.200. The van der Waals surface area contributed by atoms with E-state index in [1.807, 2.05) is 61.5 Å². The molecule has 4 nitrogen and oxygen atoms in total. The highest BCUT2D eigenvalue weighted by atomic mass is 35.5. The first-order valence-corrected chi connectivity index (χ1v) is 9.08. The second-order valence-electron chi connectivity index (χ2n) is 5.84. The molecular formula is C20H19ClN2O2S. The van der Waals surface area contributed by atoms with Gasteiger partial charge in [-0.3, -0.25) is 9.69 Å². The molecule has 134 valence electrons. The molecule has 0 aromatic heterocycles. The first kappa shape index (κ1) is 18.4. The van der Waals surface area contributed by atoms with Crippen molar-refractivity contribution < 1.29 is 9.53 Å². The van der Waals surface area contributed by atoms with Crippen LogP contribution in [0.15, 0.2) is 54.2 Å². The minimum Gasteiger partial charge on any atom is -0.488 e. The largest absolute Gasteiger partial charge is 0.488 e. The molecule has 0 spiro atoms. The van der Waals surface area contributed by atoms with E-state index in [0.29, 0.717) is 34.7 Å². The van der Waals surface area contributed by atoms with Gasteiger partial charge in [-0.15, -0.1) is 0 Å². The molecule has 1 fully saturated rings. The van der Waals surface area contributed by atoms with Gasteiger partial charge in [0.15, 0.2) is 5.11 Å². The van der Waals surface area contributed by atoms with Crippen LogP contribution in [-0.2, 0) is 11.4 Å². The monoisotopic (exact) mass is 386 g/mol. The minimum absolute atomic E-state index is 0.0964. The third-order valence-electron chi connectivity index (χ3n) is 4.21. The van der Waals surface area contributed by atoms with E-state index in [2.05, 4.69) is 0 Å². The average Bonchev–Trinajstić information content (AvgIpc) is 2.85. The van der Waals surface area contributed by atoms with Crippen molar-refractivity contribution >= 4 is 40.9 Å². The van der Waals surface area contributed by atoms with E-state index < -0.39 is 0 Å². The summed E-state index contributed by atoms with van der Waals surface area (Å²) in [4.78, 5) is 15.9. The quantitative estimate of drug-likeness (QED) is 0.565. The Hall–Kier alpha value is -2.37. The van der Waals surface area contributed by atoms with E-state index >= 15 is 0 Å². The third kappa shape index (κ3) is 3.59. The fourth-order valence-corrected chi connectivity index (χ4v) is 3.24. The van der Waals surface area contributed by atoms with Crippen LogP contribution in [0.1, 0.15) is 18.1 Å². The second kappa shape index (κ2) is 7.89. The summed E-state index contributed by atoms with van der Waals surface area (Å²) in [6.45, 7) is 2.80. The fourth-order valence-electron chi connectivity index (χ4n) is 2.74. The molecule has 2 aromatic rings. The number of rotatable bonds is 5. The predicted molar refractivity (Wildman–Crippen MR) is 108 cm³/mol. The standard InChI is InChI=1S/C20H19ClN2O2S/c1-3-23-19(24)17(22(2)20(23)26)12-14-8-5-7-11-18(14)25-13-15-9-4-6-10-16(15)21/h4-12H,3,13H2,1-2H3/b17-12-. The maximum atomic E-state index is 12.6. The Bertz CT molecular complexity index is 882. The predicted octanol–water partition coefficient (Wildman–Crippen LogP) is 4.34. The van der Waals surface area contributed by atoms with Crippen LogP contribution >= 0.6 is 23.8 Å². The summed E-state index contributed by atoms with van der Waals surface area (Å²) in [5, 5.41) is 1.18. The molecule has 0 N–H and O–H groups in total.